The lowest BCUT2D eigenvalue weighted by Crippen LogP contribution is -2.56. The Morgan fingerprint density at radius 1 is 0.951 bits per heavy atom. The van der Waals surface area contributed by atoms with Gasteiger partial charge in [-0.25, -0.2) is 0 Å². The third-order valence-electron chi connectivity index (χ3n) is 7.65. The first-order valence-electron chi connectivity index (χ1n) is 12.7. The highest BCUT2D eigenvalue weighted by molar-refractivity contribution is 9.10. The van der Waals surface area contributed by atoms with E-state index in [1.54, 1.807) is 54.6 Å². The van der Waals surface area contributed by atoms with Crippen molar-refractivity contribution < 1.29 is 19.1 Å². The SMILES string of the molecule is NC(=O)c1ccc(Oc2ccc(Br)cc2[C@H]2NC(=O)C[C@@H](c3cccc(Cl)c3)[C@]23C(=O)Nc2cc(Cl)ccc23)cc1. The number of ether oxygens (including phenoxy) is 1. The molecular formula is C31H22BrCl2N3O4. The van der Waals surface area contributed by atoms with Crippen molar-refractivity contribution in [3.05, 3.63) is 122 Å². The van der Waals surface area contributed by atoms with E-state index in [1.165, 1.54) is 0 Å². The summed E-state index contributed by atoms with van der Waals surface area (Å²) in [5, 5.41) is 7.12. The number of anilines is 1. The first-order valence-corrected chi connectivity index (χ1v) is 14.2. The summed E-state index contributed by atoms with van der Waals surface area (Å²) in [6.45, 7) is 0. The maximum Gasteiger partial charge on any atom is 0.248 e. The molecule has 1 fully saturated rings. The quantitative estimate of drug-likeness (QED) is 0.219. The molecule has 41 heavy (non-hydrogen) atoms. The zero-order valence-electron chi connectivity index (χ0n) is 21.3. The number of benzene rings is 4. The van der Waals surface area contributed by atoms with E-state index in [2.05, 4.69) is 26.6 Å². The number of hydrogen-bond acceptors (Lipinski definition) is 4. The average molecular weight is 651 g/mol. The van der Waals surface area contributed by atoms with Crippen molar-refractivity contribution in [1.29, 1.82) is 0 Å². The predicted octanol–water partition coefficient (Wildman–Crippen LogP) is 6.88. The highest BCUT2D eigenvalue weighted by atomic mass is 79.9. The molecule has 3 atom stereocenters. The molecule has 2 aliphatic heterocycles. The van der Waals surface area contributed by atoms with E-state index < -0.39 is 23.3 Å². The number of primary amides is 1. The molecule has 1 saturated heterocycles. The summed E-state index contributed by atoms with van der Waals surface area (Å²) < 4.78 is 7.02. The van der Waals surface area contributed by atoms with Gasteiger partial charge in [0.2, 0.25) is 17.7 Å². The van der Waals surface area contributed by atoms with Crippen molar-refractivity contribution in [2.75, 3.05) is 5.32 Å². The molecule has 6 rings (SSSR count). The van der Waals surface area contributed by atoms with Crippen LogP contribution in [-0.4, -0.2) is 17.7 Å². The van der Waals surface area contributed by atoms with E-state index in [0.29, 0.717) is 43.9 Å². The van der Waals surface area contributed by atoms with Crippen LogP contribution >= 0.6 is 39.1 Å². The zero-order valence-corrected chi connectivity index (χ0v) is 24.4. The topological polar surface area (TPSA) is 111 Å². The summed E-state index contributed by atoms with van der Waals surface area (Å²) in [4.78, 5) is 39.2. The largest absolute Gasteiger partial charge is 0.457 e. The Kier molecular flexibility index (Phi) is 7.01. The molecule has 1 spiro atoms. The van der Waals surface area contributed by atoms with Crippen LogP contribution in [0.4, 0.5) is 5.69 Å². The molecule has 0 aliphatic carbocycles. The van der Waals surface area contributed by atoms with E-state index in [-0.39, 0.29) is 18.2 Å². The first kappa shape index (κ1) is 27.3. The molecule has 0 radical (unpaired) electrons. The van der Waals surface area contributed by atoms with Gasteiger partial charge in [0.25, 0.3) is 0 Å². The van der Waals surface area contributed by atoms with Crippen LogP contribution in [0.1, 0.15) is 45.4 Å². The third kappa shape index (κ3) is 4.76. The van der Waals surface area contributed by atoms with Gasteiger partial charge in [-0.2, -0.15) is 0 Å². The Bertz CT molecular complexity index is 1730. The number of piperidine rings is 1. The maximum atomic E-state index is 14.3. The lowest BCUT2D eigenvalue weighted by Gasteiger charge is -2.46. The number of halogens is 3. The van der Waals surface area contributed by atoms with Crippen molar-refractivity contribution in [1.82, 2.24) is 5.32 Å². The summed E-state index contributed by atoms with van der Waals surface area (Å²) in [5.74, 6) is -0.746. The predicted molar refractivity (Wildman–Crippen MR) is 161 cm³/mol. The molecule has 10 heteroatoms. The summed E-state index contributed by atoms with van der Waals surface area (Å²) in [6, 6.07) is 23.5. The second-order valence-corrected chi connectivity index (χ2v) is 11.8. The van der Waals surface area contributed by atoms with Gasteiger partial charge in [0.1, 0.15) is 16.9 Å². The Labute approximate surface area is 254 Å². The average Bonchev–Trinajstić information content (AvgIpc) is 3.22. The molecule has 0 bridgehead atoms. The highest BCUT2D eigenvalue weighted by Gasteiger charge is 2.61. The lowest BCUT2D eigenvalue weighted by molar-refractivity contribution is -0.131. The fraction of sp³-hybridized carbons (Fsp3) is 0.129. The molecule has 4 aromatic carbocycles. The van der Waals surface area contributed by atoms with E-state index in [4.69, 9.17) is 33.7 Å². The van der Waals surface area contributed by atoms with Crippen LogP contribution in [0.5, 0.6) is 11.5 Å². The van der Waals surface area contributed by atoms with Crippen LogP contribution in [0.2, 0.25) is 10.0 Å². The summed E-state index contributed by atoms with van der Waals surface area (Å²) in [5.41, 5.74) is 7.08. The molecule has 0 aromatic heterocycles. The number of amides is 3. The molecule has 2 heterocycles. The Morgan fingerprint density at radius 2 is 1.71 bits per heavy atom. The Morgan fingerprint density at radius 3 is 2.44 bits per heavy atom. The van der Waals surface area contributed by atoms with Crippen molar-refractivity contribution in [3.63, 3.8) is 0 Å². The molecule has 4 aromatic rings. The van der Waals surface area contributed by atoms with E-state index in [9.17, 15) is 14.4 Å². The van der Waals surface area contributed by atoms with Crippen LogP contribution < -0.4 is 21.1 Å². The van der Waals surface area contributed by atoms with Crippen LogP contribution in [0.25, 0.3) is 0 Å². The number of carbonyl (C=O) groups excluding carboxylic acids is 3. The second-order valence-electron chi connectivity index (χ2n) is 10.00. The van der Waals surface area contributed by atoms with E-state index in [1.807, 2.05) is 30.3 Å². The van der Waals surface area contributed by atoms with Gasteiger partial charge in [0.15, 0.2) is 0 Å². The molecular weight excluding hydrogens is 629 g/mol. The standard InChI is InChI=1S/C31H22BrCl2N3O4/c32-18-6-11-26(41-21-8-4-16(5-9-21)29(35)39)22(13-18)28-31(23-10-7-20(34)14-25(23)36-30(31)40)24(15-27(38)37-28)17-2-1-3-19(33)12-17/h1-14,24,28H,15H2,(H2,35,39)(H,36,40)(H,37,38)/t24-,28+,31-/m0/s1. The van der Waals surface area contributed by atoms with Crippen LogP contribution in [0.3, 0.4) is 0 Å². The number of carbonyl (C=O) groups is 3. The monoisotopic (exact) mass is 649 g/mol. The Balaban J connectivity index is 1.56. The zero-order chi connectivity index (χ0) is 28.9. The van der Waals surface area contributed by atoms with Crippen molar-refractivity contribution in [3.8, 4) is 11.5 Å². The Hall–Kier alpha value is -3.85. The fourth-order valence-corrected chi connectivity index (χ4v) is 6.67. The molecule has 206 valence electrons. The van der Waals surface area contributed by atoms with Gasteiger partial charge in [-0.05, 0) is 77.9 Å². The highest BCUT2D eigenvalue weighted by Crippen LogP contribution is 2.58. The van der Waals surface area contributed by atoms with Crippen LogP contribution in [0, 0.1) is 0 Å². The van der Waals surface area contributed by atoms with Crippen molar-refractivity contribution >= 4 is 62.5 Å². The summed E-state index contributed by atoms with van der Waals surface area (Å²) >= 11 is 16.3. The molecule has 0 saturated carbocycles. The number of nitrogens with one attached hydrogen (secondary N) is 2. The summed E-state index contributed by atoms with van der Waals surface area (Å²) in [6.07, 6.45) is 0.0606. The van der Waals surface area contributed by atoms with Crippen molar-refractivity contribution in [2.45, 2.75) is 23.8 Å². The smallest absolute Gasteiger partial charge is 0.248 e. The van der Waals surface area contributed by atoms with Gasteiger partial charge in [0, 0.05) is 43.7 Å². The molecule has 0 unspecified atom stereocenters. The normalized spacial score (nSPS) is 21.2. The molecule has 3 amide bonds. The van der Waals surface area contributed by atoms with Crippen LogP contribution in [0.15, 0.2) is 89.4 Å². The molecule has 2 aliphatic rings. The minimum Gasteiger partial charge on any atom is -0.457 e. The van der Waals surface area contributed by atoms with E-state index >= 15 is 0 Å². The number of hydrogen-bond donors (Lipinski definition) is 3. The van der Waals surface area contributed by atoms with E-state index in [0.717, 1.165) is 10.0 Å². The fourth-order valence-electron chi connectivity index (χ4n) is 5.92. The third-order valence-corrected chi connectivity index (χ3v) is 8.62. The van der Waals surface area contributed by atoms with Gasteiger partial charge in [-0.3, -0.25) is 14.4 Å². The minimum absolute atomic E-state index is 0.0606. The number of nitrogens with two attached hydrogens (primary N) is 1. The summed E-state index contributed by atoms with van der Waals surface area (Å²) in [7, 11) is 0. The van der Waals surface area contributed by atoms with Gasteiger partial charge < -0.3 is 21.1 Å². The van der Waals surface area contributed by atoms with Gasteiger partial charge in [-0.1, -0.05) is 57.3 Å². The van der Waals surface area contributed by atoms with Crippen molar-refractivity contribution in [2.24, 2.45) is 5.73 Å². The molecule has 7 nitrogen and oxygen atoms in total. The maximum absolute atomic E-state index is 14.3. The second kappa shape index (κ2) is 10.5. The first-order chi connectivity index (χ1) is 19.7. The minimum atomic E-state index is -1.27. The lowest BCUT2D eigenvalue weighted by atomic mass is 9.59. The van der Waals surface area contributed by atoms with Gasteiger partial charge in [-0.15, -0.1) is 0 Å². The van der Waals surface area contributed by atoms with Crippen LogP contribution in [-0.2, 0) is 15.0 Å². The molecule has 4 N–H and O–H groups in total. The van der Waals surface area contributed by atoms with Gasteiger partial charge >= 0.3 is 0 Å². The van der Waals surface area contributed by atoms with Gasteiger partial charge in [0.05, 0.1) is 6.04 Å². The number of rotatable bonds is 5. The number of fused-ring (bicyclic) bond motifs is 2.